The Balaban J connectivity index is 0.993. The number of rotatable bonds is 12. The third-order valence-corrected chi connectivity index (χ3v) is 8.37. The van der Waals surface area contributed by atoms with Crippen molar-refractivity contribution < 1.29 is 56.5 Å². The Morgan fingerprint density at radius 3 is 1.34 bits per heavy atom. The molecule has 2 fully saturated rings. The van der Waals surface area contributed by atoms with Gasteiger partial charge in [-0.1, -0.05) is 0 Å². The highest BCUT2D eigenvalue weighted by molar-refractivity contribution is 5.99. The van der Waals surface area contributed by atoms with E-state index in [-0.39, 0.29) is 46.0 Å². The summed E-state index contributed by atoms with van der Waals surface area (Å²) in [6.07, 6.45) is 4.83. The molecule has 2 aromatic heterocycles. The Bertz CT molecular complexity index is 1640. The SMILES string of the molecule is O=C(COC(=O)[C@@H]1[C@H]2CC[C@@H](C2)[C@H]1C(=O)OCC(=O)c1ccc(OC(=O)c2ccco2)cc1)c1ccc(OC(=O)c2ccco2)cc1. The molecule has 2 aliphatic carbocycles. The molecule has 0 saturated heterocycles. The second kappa shape index (κ2) is 13.7. The van der Waals surface area contributed by atoms with Gasteiger partial charge in [0.05, 0.1) is 24.4 Å². The fourth-order valence-corrected chi connectivity index (χ4v) is 6.12. The molecule has 12 nitrogen and oxygen atoms in total. The van der Waals surface area contributed by atoms with Gasteiger partial charge in [-0.3, -0.25) is 19.2 Å². The summed E-state index contributed by atoms with van der Waals surface area (Å²) in [7, 11) is 0. The quantitative estimate of drug-likeness (QED) is 0.114. The Morgan fingerprint density at radius 1 is 0.574 bits per heavy atom. The van der Waals surface area contributed by atoms with Gasteiger partial charge in [0.1, 0.15) is 11.5 Å². The fourth-order valence-electron chi connectivity index (χ4n) is 6.12. The molecule has 2 aromatic carbocycles. The fraction of sp³-hybridized carbons (Fsp3) is 0.257. The number of carbonyl (C=O) groups is 6. The van der Waals surface area contributed by atoms with E-state index in [1.807, 2.05) is 0 Å². The molecule has 2 aliphatic rings. The van der Waals surface area contributed by atoms with E-state index < -0.39 is 60.5 Å². The molecule has 4 aromatic rings. The largest absolute Gasteiger partial charge is 0.457 e. The topological polar surface area (TPSA) is 166 Å². The molecule has 0 N–H and O–H groups in total. The standard InChI is InChI=1S/C35H28O12/c36-26(20-7-11-24(12-8-20)46-32(38)28-3-1-15-42-28)18-44-34(40)30-22-5-6-23(17-22)31(30)35(41)45-19-27(37)21-9-13-25(14-10-21)47-33(39)29-4-2-16-43-29/h1-4,7-16,22-23,30-31H,5-6,17-19H2/t22-,23-,30+,31+/m0/s1. The summed E-state index contributed by atoms with van der Waals surface area (Å²) in [4.78, 5) is 75.9. The monoisotopic (exact) mass is 640 g/mol. The maximum Gasteiger partial charge on any atom is 0.379 e. The Hall–Kier alpha value is -5.78. The highest BCUT2D eigenvalue weighted by atomic mass is 16.6. The molecule has 4 atom stereocenters. The molecule has 0 aliphatic heterocycles. The van der Waals surface area contributed by atoms with Gasteiger partial charge < -0.3 is 27.8 Å². The van der Waals surface area contributed by atoms with E-state index in [0.717, 1.165) is 12.8 Å². The van der Waals surface area contributed by atoms with Gasteiger partial charge in [-0.05, 0) is 104 Å². The highest BCUT2D eigenvalue weighted by Crippen LogP contribution is 2.53. The first-order chi connectivity index (χ1) is 22.8. The molecule has 6 rings (SSSR count). The predicted octanol–water partition coefficient (Wildman–Crippen LogP) is 5.13. The van der Waals surface area contributed by atoms with E-state index in [2.05, 4.69) is 0 Å². The zero-order valence-electron chi connectivity index (χ0n) is 24.8. The molecule has 0 amide bonds. The van der Waals surface area contributed by atoms with Crippen LogP contribution in [0.5, 0.6) is 11.5 Å². The molecule has 0 spiro atoms. The van der Waals surface area contributed by atoms with Crippen LogP contribution in [0.15, 0.2) is 94.2 Å². The van der Waals surface area contributed by atoms with Crippen LogP contribution >= 0.6 is 0 Å². The number of ether oxygens (including phenoxy) is 4. The molecule has 2 bridgehead atoms. The summed E-state index contributed by atoms with van der Waals surface area (Å²) in [5.74, 6) is -4.93. The van der Waals surface area contributed by atoms with Crippen molar-refractivity contribution in [3.63, 3.8) is 0 Å². The number of carbonyl (C=O) groups excluding carboxylic acids is 6. The average molecular weight is 641 g/mol. The van der Waals surface area contributed by atoms with Crippen LogP contribution in [0, 0.1) is 23.7 Å². The number of esters is 4. The van der Waals surface area contributed by atoms with Crippen LogP contribution in [0.1, 0.15) is 61.1 Å². The van der Waals surface area contributed by atoms with Crippen LogP contribution in [0.3, 0.4) is 0 Å². The molecule has 2 heterocycles. The van der Waals surface area contributed by atoms with E-state index in [9.17, 15) is 28.8 Å². The summed E-state index contributed by atoms with van der Waals surface area (Å²) < 4.78 is 31.1. The van der Waals surface area contributed by atoms with E-state index in [1.54, 1.807) is 12.1 Å². The Kier molecular flexibility index (Phi) is 9.09. The summed E-state index contributed by atoms with van der Waals surface area (Å²) in [5, 5.41) is 0. The predicted molar refractivity (Wildman–Crippen MR) is 159 cm³/mol. The second-order valence-corrected chi connectivity index (χ2v) is 11.2. The first kappa shape index (κ1) is 31.2. The minimum Gasteiger partial charge on any atom is -0.457 e. The molecule has 12 heteroatoms. The van der Waals surface area contributed by atoms with Gasteiger partial charge in [0.2, 0.25) is 11.5 Å². The van der Waals surface area contributed by atoms with E-state index in [1.165, 1.54) is 73.2 Å². The molecule has 2 saturated carbocycles. The van der Waals surface area contributed by atoms with Gasteiger partial charge in [-0.2, -0.15) is 0 Å². The lowest BCUT2D eigenvalue weighted by molar-refractivity contribution is -0.162. The maximum absolute atomic E-state index is 13.2. The van der Waals surface area contributed by atoms with Crippen LogP contribution in [-0.4, -0.2) is 48.7 Å². The van der Waals surface area contributed by atoms with Crippen molar-refractivity contribution >= 4 is 35.4 Å². The average Bonchev–Trinajstić information content (AvgIpc) is 3.92. The maximum atomic E-state index is 13.2. The first-order valence-electron chi connectivity index (χ1n) is 14.9. The number of furan rings is 2. The van der Waals surface area contributed by atoms with Crippen LogP contribution < -0.4 is 9.47 Å². The third kappa shape index (κ3) is 7.06. The summed E-state index contributed by atoms with van der Waals surface area (Å²) in [6.45, 7) is -1.07. The van der Waals surface area contributed by atoms with Crippen LogP contribution in [0.2, 0.25) is 0 Å². The van der Waals surface area contributed by atoms with Crippen molar-refractivity contribution in [2.75, 3.05) is 13.2 Å². The molecular formula is C35H28O12. The third-order valence-electron chi connectivity index (χ3n) is 8.37. The van der Waals surface area contributed by atoms with Crippen LogP contribution in [0.4, 0.5) is 0 Å². The van der Waals surface area contributed by atoms with Gasteiger partial charge in [0.15, 0.2) is 24.8 Å². The minimum absolute atomic E-state index is 0.0320. The number of hydrogen-bond acceptors (Lipinski definition) is 12. The molecule has 0 unspecified atom stereocenters. The Morgan fingerprint density at radius 2 is 0.979 bits per heavy atom. The van der Waals surface area contributed by atoms with Crippen molar-refractivity contribution in [2.45, 2.75) is 19.3 Å². The highest BCUT2D eigenvalue weighted by Gasteiger charge is 2.55. The zero-order chi connectivity index (χ0) is 32.9. The van der Waals surface area contributed by atoms with Crippen molar-refractivity contribution in [3.8, 4) is 11.5 Å². The molecule has 240 valence electrons. The molecule has 0 radical (unpaired) electrons. The van der Waals surface area contributed by atoms with Gasteiger partial charge in [0.25, 0.3) is 0 Å². The lowest BCUT2D eigenvalue weighted by Gasteiger charge is -2.27. The lowest BCUT2D eigenvalue weighted by Crippen LogP contribution is -2.38. The number of Topliss-reactive ketones (excluding diaryl/α,β-unsaturated/α-hetero) is 2. The van der Waals surface area contributed by atoms with Gasteiger partial charge in [0, 0.05) is 11.1 Å². The van der Waals surface area contributed by atoms with Crippen molar-refractivity contribution in [2.24, 2.45) is 23.7 Å². The normalized spacial score (nSPS) is 19.5. The summed E-state index contributed by atoms with van der Waals surface area (Å²) >= 11 is 0. The molecule has 47 heavy (non-hydrogen) atoms. The number of benzene rings is 2. The van der Waals surface area contributed by atoms with Gasteiger partial charge in [-0.15, -0.1) is 0 Å². The van der Waals surface area contributed by atoms with Crippen LogP contribution in [-0.2, 0) is 19.1 Å². The minimum atomic E-state index is -0.782. The van der Waals surface area contributed by atoms with Crippen molar-refractivity contribution in [3.05, 3.63) is 108 Å². The second-order valence-electron chi connectivity index (χ2n) is 11.2. The number of fused-ring (bicyclic) bond motifs is 2. The number of ketones is 2. The lowest BCUT2D eigenvalue weighted by atomic mass is 9.79. The summed E-state index contributed by atoms with van der Waals surface area (Å²) in [5.41, 5.74) is 0.475. The van der Waals surface area contributed by atoms with Crippen LogP contribution in [0.25, 0.3) is 0 Å². The van der Waals surface area contributed by atoms with Crippen molar-refractivity contribution in [1.29, 1.82) is 0 Å². The van der Waals surface area contributed by atoms with Crippen molar-refractivity contribution in [1.82, 2.24) is 0 Å². The number of hydrogen-bond donors (Lipinski definition) is 0. The summed E-state index contributed by atoms with van der Waals surface area (Å²) in [6, 6.07) is 17.5. The first-order valence-corrected chi connectivity index (χ1v) is 14.9. The zero-order valence-corrected chi connectivity index (χ0v) is 24.8. The molecular weight excluding hydrogens is 612 g/mol. The van der Waals surface area contributed by atoms with E-state index in [4.69, 9.17) is 27.8 Å². The van der Waals surface area contributed by atoms with E-state index >= 15 is 0 Å². The van der Waals surface area contributed by atoms with E-state index in [0.29, 0.717) is 6.42 Å². The smallest absolute Gasteiger partial charge is 0.379 e. The van der Waals surface area contributed by atoms with Gasteiger partial charge in [-0.25, -0.2) is 9.59 Å². The van der Waals surface area contributed by atoms with Gasteiger partial charge >= 0.3 is 23.9 Å². The Labute approximate surface area is 267 Å².